The minimum Gasteiger partial charge on any atom is -0.340 e. The number of rotatable bonds is 6. The molecule has 0 aliphatic heterocycles. The van der Waals surface area contributed by atoms with E-state index in [-0.39, 0.29) is 11.8 Å². The largest absolute Gasteiger partial charge is 0.340 e. The fourth-order valence-electron chi connectivity index (χ4n) is 3.39. The quantitative estimate of drug-likeness (QED) is 0.493. The Hall–Kier alpha value is -3.92. The summed E-state index contributed by atoms with van der Waals surface area (Å²) < 4.78 is 0. The summed E-state index contributed by atoms with van der Waals surface area (Å²) in [5.41, 5.74) is 2.20. The van der Waals surface area contributed by atoms with E-state index in [1.807, 2.05) is 78.9 Å². The van der Waals surface area contributed by atoms with Gasteiger partial charge < -0.3 is 10.6 Å². The molecule has 2 N–H and O–H groups in total. The van der Waals surface area contributed by atoms with Crippen LogP contribution in [0.1, 0.15) is 15.9 Å². The van der Waals surface area contributed by atoms with Crippen LogP contribution in [-0.2, 0) is 11.2 Å². The number of benzene rings is 4. The fraction of sp³-hybridized carbons (Fsp3) is 0.0769. The van der Waals surface area contributed by atoms with Crippen LogP contribution in [0.2, 0.25) is 0 Å². The van der Waals surface area contributed by atoms with Crippen molar-refractivity contribution >= 4 is 28.3 Å². The lowest BCUT2D eigenvalue weighted by Gasteiger charge is -2.19. The summed E-state index contributed by atoms with van der Waals surface area (Å²) in [7, 11) is 0. The van der Waals surface area contributed by atoms with Gasteiger partial charge in [0.25, 0.3) is 5.91 Å². The number of carbonyl (C=O) groups is 2. The van der Waals surface area contributed by atoms with Crippen molar-refractivity contribution in [2.24, 2.45) is 0 Å². The van der Waals surface area contributed by atoms with Crippen molar-refractivity contribution in [2.75, 3.05) is 5.32 Å². The Morgan fingerprint density at radius 3 is 2.07 bits per heavy atom. The maximum absolute atomic E-state index is 13.1. The number of anilines is 1. The van der Waals surface area contributed by atoms with E-state index in [1.54, 1.807) is 24.3 Å². The van der Waals surface area contributed by atoms with Gasteiger partial charge in [-0.1, -0.05) is 78.9 Å². The lowest BCUT2D eigenvalue weighted by Crippen LogP contribution is -2.45. The highest BCUT2D eigenvalue weighted by atomic mass is 16.2. The molecule has 1 atom stereocenters. The van der Waals surface area contributed by atoms with E-state index >= 15 is 0 Å². The van der Waals surface area contributed by atoms with Gasteiger partial charge in [-0.3, -0.25) is 9.59 Å². The highest BCUT2D eigenvalue weighted by Gasteiger charge is 2.22. The van der Waals surface area contributed by atoms with E-state index < -0.39 is 6.04 Å². The van der Waals surface area contributed by atoms with Gasteiger partial charge in [-0.15, -0.1) is 0 Å². The van der Waals surface area contributed by atoms with E-state index in [9.17, 15) is 9.59 Å². The first-order chi connectivity index (χ1) is 14.7. The maximum atomic E-state index is 13.1. The van der Waals surface area contributed by atoms with Crippen molar-refractivity contribution in [3.63, 3.8) is 0 Å². The van der Waals surface area contributed by atoms with Crippen molar-refractivity contribution in [3.8, 4) is 0 Å². The third-order valence-electron chi connectivity index (χ3n) is 4.96. The molecule has 4 rings (SSSR count). The predicted octanol–water partition coefficient (Wildman–Crippen LogP) is 4.82. The van der Waals surface area contributed by atoms with Gasteiger partial charge in [0.2, 0.25) is 5.91 Å². The standard InChI is InChI=1S/C26H22N2O2/c29-25(21-12-5-2-6-13-21)28-24(17-19-9-3-1-4-10-19)26(30)27-23-16-15-20-11-7-8-14-22(20)18-23/h1-16,18,24H,17H2,(H,27,30)(H,28,29)/t24-/m1/s1. The normalized spacial score (nSPS) is 11.6. The second kappa shape index (κ2) is 9.05. The first-order valence-electron chi connectivity index (χ1n) is 9.88. The average Bonchev–Trinajstić information content (AvgIpc) is 2.80. The number of hydrogen-bond donors (Lipinski definition) is 2. The monoisotopic (exact) mass is 394 g/mol. The molecule has 0 unspecified atom stereocenters. The summed E-state index contributed by atoms with van der Waals surface area (Å²) in [5.74, 6) is -0.524. The first kappa shape index (κ1) is 19.4. The average molecular weight is 394 g/mol. The van der Waals surface area contributed by atoms with Crippen molar-refractivity contribution in [1.82, 2.24) is 5.32 Å². The predicted molar refractivity (Wildman–Crippen MR) is 120 cm³/mol. The number of fused-ring (bicyclic) bond motifs is 1. The first-order valence-corrected chi connectivity index (χ1v) is 9.88. The van der Waals surface area contributed by atoms with Crippen LogP contribution >= 0.6 is 0 Å². The Bertz CT molecular complexity index is 1160. The zero-order valence-corrected chi connectivity index (χ0v) is 16.4. The zero-order chi connectivity index (χ0) is 20.8. The zero-order valence-electron chi connectivity index (χ0n) is 16.4. The molecule has 0 bridgehead atoms. The van der Waals surface area contributed by atoms with Crippen LogP contribution in [0.15, 0.2) is 103 Å². The highest BCUT2D eigenvalue weighted by Crippen LogP contribution is 2.19. The van der Waals surface area contributed by atoms with Gasteiger partial charge in [0, 0.05) is 17.7 Å². The van der Waals surface area contributed by atoms with E-state index in [1.165, 1.54) is 0 Å². The number of amides is 2. The molecular formula is C26H22N2O2. The van der Waals surface area contributed by atoms with Crippen LogP contribution in [0.5, 0.6) is 0 Å². The van der Waals surface area contributed by atoms with Crippen LogP contribution in [0, 0.1) is 0 Å². The van der Waals surface area contributed by atoms with E-state index in [0.717, 1.165) is 16.3 Å². The molecule has 4 aromatic rings. The lowest BCUT2D eigenvalue weighted by atomic mass is 10.0. The second-order valence-corrected chi connectivity index (χ2v) is 7.13. The van der Waals surface area contributed by atoms with Gasteiger partial charge in [-0.2, -0.15) is 0 Å². The van der Waals surface area contributed by atoms with Crippen LogP contribution < -0.4 is 10.6 Å². The molecule has 4 aromatic carbocycles. The second-order valence-electron chi connectivity index (χ2n) is 7.13. The molecule has 0 aliphatic carbocycles. The summed E-state index contributed by atoms with van der Waals surface area (Å²) in [6.07, 6.45) is 0.402. The molecule has 30 heavy (non-hydrogen) atoms. The number of carbonyl (C=O) groups excluding carboxylic acids is 2. The minimum atomic E-state index is -0.702. The SMILES string of the molecule is O=C(N[C@H](Cc1ccccc1)C(=O)Nc1ccc2ccccc2c1)c1ccccc1. The number of nitrogens with one attached hydrogen (secondary N) is 2. The Labute approximate surface area is 175 Å². The lowest BCUT2D eigenvalue weighted by molar-refractivity contribution is -0.118. The Morgan fingerprint density at radius 2 is 1.33 bits per heavy atom. The van der Waals surface area contributed by atoms with Crippen molar-refractivity contribution in [1.29, 1.82) is 0 Å². The fourth-order valence-corrected chi connectivity index (χ4v) is 3.39. The van der Waals surface area contributed by atoms with Gasteiger partial charge >= 0.3 is 0 Å². The smallest absolute Gasteiger partial charge is 0.251 e. The summed E-state index contributed by atoms with van der Waals surface area (Å²) in [5, 5.41) is 8.00. The van der Waals surface area contributed by atoms with Gasteiger partial charge in [-0.05, 0) is 40.6 Å². The van der Waals surface area contributed by atoms with Crippen LogP contribution in [-0.4, -0.2) is 17.9 Å². The van der Waals surface area contributed by atoms with E-state index in [4.69, 9.17) is 0 Å². The molecule has 2 amide bonds. The van der Waals surface area contributed by atoms with Crippen LogP contribution in [0.3, 0.4) is 0 Å². The van der Waals surface area contributed by atoms with E-state index in [0.29, 0.717) is 17.7 Å². The molecule has 0 fully saturated rings. The van der Waals surface area contributed by atoms with Gasteiger partial charge in [0.15, 0.2) is 0 Å². The molecule has 0 aromatic heterocycles. The molecule has 0 heterocycles. The van der Waals surface area contributed by atoms with Crippen molar-refractivity contribution in [3.05, 3.63) is 114 Å². The Morgan fingerprint density at radius 1 is 0.700 bits per heavy atom. The summed E-state index contributed by atoms with van der Waals surface area (Å²) in [4.78, 5) is 25.8. The third-order valence-corrected chi connectivity index (χ3v) is 4.96. The Balaban J connectivity index is 1.55. The molecule has 0 radical (unpaired) electrons. The summed E-state index contributed by atoms with van der Waals surface area (Å²) in [6.45, 7) is 0. The van der Waals surface area contributed by atoms with Crippen LogP contribution in [0.4, 0.5) is 5.69 Å². The maximum Gasteiger partial charge on any atom is 0.251 e. The van der Waals surface area contributed by atoms with Crippen LogP contribution in [0.25, 0.3) is 10.8 Å². The summed E-state index contributed by atoms with van der Waals surface area (Å²) in [6, 6.07) is 31.6. The molecule has 0 saturated carbocycles. The Kier molecular flexibility index (Phi) is 5.85. The molecule has 0 aliphatic rings. The third kappa shape index (κ3) is 4.73. The van der Waals surface area contributed by atoms with Crippen molar-refractivity contribution < 1.29 is 9.59 Å². The van der Waals surface area contributed by atoms with Gasteiger partial charge in [-0.25, -0.2) is 0 Å². The minimum absolute atomic E-state index is 0.251. The number of hydrogen-bond acceptors (Lipinski definition) is 2. The van der Waals surface area contributed by atoms with Crippen molar-refractivity contribution in [2.45, 2.75) is 12.5 Å². The molecule has 0 saturated heterocycles. The molecule has 4 nitrogen and oxygen atoms in total. The summed E-state index contributed by atoms with van der Waals surface area (Å²) >= 11 is 0. The van der Waals surface area contributed by atoms with Gasteiger partial charge in [0.05, 0.1) is 0 Å². The van der Waals surface area contributed by atoms with Gasteiger partial charge in [0.1, 0.15) is 6.04 Å². The molecule has 0 spiro atoms. The molecule has 148 valence electrons. The molecule has 4 heteroatoms. The topological polar surface area (TPSA) is 58.2 Å². The highest BCUT2D eigenvalue weighted by molar-refractivity contribution is 6.02. The molecular weight excluding hydrogens is 372 g/mol. The van der Waals surface area contributed by atoms with E-state index in [2.05, 4.69) is 10.6 Å².